The second-order valence-corrected chi connectivity index (χ2v) is 6.96. The van der Waals surface area contributed by atoms with Crippen molar-refractivity contribution in [3.8, 4) is 0 Å². The van der Waals surface area contributed by atoms with E-state index < -0.39 is 10.2 Å². The van der Waals surface area contributed by atoms with E-state index in [0.717, 1.165) is 12.8 Å². The van der Waals surface area contributed by atoms with Gasteiger partial charge in [-0.15, -0.1) is 0 Å². The predicted molar refractivity (Wildman–Crippen MR) is 76.2 cm³/mol. The lowest BCUT2D eigenvalue weighted by molar-refractivity contribution is 0.0692. The third-order valence-electron chi connectivity index (χ3n) is 3.25. The lowest BCUT2D eigenvalue weighted by Crippen LogP contribution is -2.52. The minimum Gasteiger partial charge on any atom is -0.379 e. The minimum atomic E-state index is -3.35. The molecule has 1 rings (SSSR count). The Labute approximate surface area is 119 Å². The lowest BCUT2D eigenvalue weighted by atomic mass is 10.2. The standard InChI is InChI=1S/C11H23BrN2O3S/c1-3-11(4-2)14(6-5-12)18(15,16)13-7-9-17-10-8-13/h11H,3-10H2,1-2H3. The Bertz CT molecular complexity index is 327. The number of halogens is 1. The van der Waals surface area contributed by atoms with Crippen molar-refractivity contribution in [2.75, 3.05) is 38.2 Å². The maximum absolute atomic E-state index is 12.6. The summed E-state index contributed by atoms with van der Waals surface area (Å²) in [5, 5.41) is 0.660. The summed E-state index contributed by atoms with van der Waals surface area (Å²) >= 11 is 3.34. The van der Waals surface area contributed by atoms with Crippen LogP contribution in [0, 0.1) is 0 Å². The molecular formula is C11H23BrN2O3S. The molecule has 1 heterocycles. The van der Waals surface area contributed by atoms with E-state index in [9.17, 15) is 8.42 Å². The Morgan fingerprint density at radius 2 is 1.83 bits per heavy atom. The van der Waals surface area contributed by atoms with Gasteiger partial charge >= 0.3 is 0 Å². The first-order chi connectivity index (χ1) is 8.57. The van der Waals surface area contributed by atoms with Gasteiger partial charge in [0.25, 0.3) is 10.2 Å². The molecule has 0 spiro atoms. The van der Waals surface area contributed by atoms with Crippen LogP contribution in [0.15, 0.2) is 0 Å². The molecule has 0 N–H and O–H groups in total. The number of hydrogen-bond donors (Lipinski definition) is 0. The number of ether oxygens (including phenoxy) is 1. The van der Waals surface area contributed by atoms with E-state index in [1.165, 1.54) is 4.31 Å². The largest absolute Gasteiger partial charge is 0.379 e. The maximum Gasteiger partial charge on any atom is 0.282 e. The molecule has 0 bridgehead atoms. The number of nitrogens with zero attached hydrogens (tertiary/aromatic N) is 2. The molecule has 5 nitrogen and oxygen atoms in total. The number of alkyl halides is 1. The molecular weight excluding hydrogens is 320 g/mol. The molecule has 1 aliphatic heterocycles. The first kappa shape index (κ1) is 16.4. The van der Waals surface area contributed by atoms with Gasteiger partial charge in [0.05, 0.1) is 13.2 Å². The smallest absolute Gasteiger partial charge is 0.282 e. The van der Waals surface area contributed by atoms with Gasteiger partial charge in [0, 0.05) is 31.0 Å². The van der Waals surface area contributed by atoms with Gasteiger partial charge in [0.15, 0.2) is 0 Å². The van der Waals surface area contributed by atoms with Crippen LogP contribution in [-0.4, -0.2) is 61.2 Å². The van der Waals surface area contributed by atoms with E-state index in [1.54, 1.807) is 4.31 Å². The molecule has 1 aliphatic rings. The van der Waals surface area contributed by atoms with Crippen LogP contribution >= 0.6 is 15.9 Å². The van der Waals surface area contributed by atoms with Crippen molar-refractivity contribution in [2.24, 2.45) is 0 Å². The third-order valence-corrected chi connectivity index (χ3v) is 5.69. The van der Waals surface area contributed by atoms with E-state index in [2.05, 4.69) is 15.9 Å². The molecule has 108 valence electrons. The Hall–Kier alpha value is 0.310. The molecule has 0 aromatic rings. The van der Waals surface area contributed by atoms with Gasteiger partial charge in [-0.05, 0) is 12.8 Å². The fraction of sp³-hybridized carbons (Fsp3) is 1.00. The van der Waals surface area contributed by atoms with Crippen LogP contribution in [0.3, 0.4) is 0 Å². The molecule has 1 saturated heterocycles. The second-order valence-electron chi connectivity index (χ2n) is 4.29. The van der Waals surface area contributed by atoms with Gasteiger partial charge in [0.2, 0.25) is 0 Å². The molecule has 0 amide bonds. The van der Waals surface area contributed by atoms with Crippen LogP contribution in [0.2, 0.25) is 0 Å². The van der Waals surface area contributed by atoms with E-state index in [4.69, 9.17) is 4.74 Å². The highest BCUT2D eigenvalue weighted by Crippen LogP contribution is 2.18. The first-order valence-corrected chi connectivity index (χ1v) is 9.00. The topological polar surface area (TPSA) is 49.9 Å². The molecule has 0 aliphatic carbocycles. The summed E-state index contributed by atoms with van der Waals surface area (Å²) in [6, 6.07) is 0.0791. The van der Waals surface area contributed by atoms with Crippen molar-refractivity contribution in [3.05, 3.63) is 0 Å². The SMILES string of the molecule is CCC(CC)N(CCBr)S(=O)(=O)N1CCOCC1. The molecule has 18 heavy (non-hydrogen) atoms. The highest BCUT2D eigenvalue weighted by Gasteiger charge is 2.33. The van der Waals surface area contributed by atoms with Crippen molar-refractivity contribution >= 4 is 26.1 Å². The highest BCUT2D eigenvalue weighted by molar-refractivity contribution is 9.09. The summed E-state index contributed by atoms with van der Waals surface area (Å²) in [5.41, 5.74) is 0. The molecule has 1 fully saturated rings. The van der Waals surface area contributed by atoms with Crippen LogP contribution in [0.1, 0.15) is 26.7 Å². The third kappa shape index (κ3) is 3.90. The predicted octanol–water partition coefficient (Wildman–Crippen LogP) is 1.45. The van der Waals surface area contributed by atoms with E-state index in [-0.39, 0.29) is 6.04 Å². The summed E-state index contributed by atoms with van der Waals surface area (Å²) in [5.74, 6) is 0. The van der Waals surface area contributed by atoms with Gasteiger partial charge in [0.1, 0.15) is 0 Å². The van der Waals surface area contributed by atoms with Crippen LogP contribution in [0.4, 0.5) is 0 Å². The Balaban J connectivity index is 2.87. The van der Waals surface area contributed by atoms with Gasteiger partial charge in [-0.3, -0.25) is 0 Å². The first-order valence-electron chi connectivity index (χ1n) is 6.48. The zero-order valence-corrected chi connectivity index (χ0v) is 13.5. The molecule has 0 radical (unpaired) electrons. The normalized spacial score (nSPS) is 18.7. The summed E-state index contributed by atoms with van der Waals surface area (Å²) in [6.07, 6.45) is 1.68. The zero-order chi connectivity index (χ0) is 13.6. The molecule has 0 unspecified atom stereocenters. The Morgan fingerprint density at radius 1 is 1.28 bits per heavy atom. The Kier molecular flexibility index (Phi) is 7.08. The van der Waals surface area contributed by atoms with Crippen LogP contribution in [-0.2, 0) is 14.9 Å². The zero-order valence-electron chi connectivity index (χ0n) is 11.1. The summed E-state index contributed by atoms with van der Waals surface area (Å²) in [7, 11) is -3.35. The van der Waals surface area contributed by atoms with Crippen molar-refractivity contribution in [2.45, 2.75) is 32.7 Å². The fourth-order valence-corrected chi connectivity index (χ4v) is 4.71. The van der Waals surface area contributed by atoms with Crippen molar-refractivity contribution < 1.29 is 13.2 Å². The van der Waals surface area contributed by atoms with Crippen LogP contribution < -0.4 is 0 Å². The summed E-state index contributed by atoms with van der Waals surface area (Å²) < 4.78 is 33.6. The van der Waals surface area contributed by atoms with Crippen molar-refractivity contribution in [3.63, 3.8) is 0 Å². The maximum atomic E-state index is 12.6. The number of rotatable bonds is 7. The van der Waals surface area contributed by atoms with Gasteiger partial charge in [-0.1, -0.05) is 29.8 Å². The van der Waals surface area contributed by atoms with Crippen molar-refractivity contribution in [1.82, 2.24) is 8.61 Å². The quantitative estimate of drug-likeness (QED) is 0.658. The number of hydrogen-bond acceptors (Lipinski definition) is 3. The molecule has 0 saturated carbocycles. The molecule has 7 heteroatoms. The summed E-state index contributed by atoms with van der Waals surface area (Å²) in [6.45, 7) is 6.48. The van der Waals surface area contributed by atoms with Gasteiger partial charge in [-0.2, -0.15) is 17.0 Å². The second kappa shape index (κ2) is 7.79. The Morgan fingerprint density at radius 3 is 2.28 bits per heavy atom. The fourth-order valence-electron chi connectivity index (χ4n) is 2.19. The van der Waals surface area contributed by atoms with E-state index >= 15 is 0 Å². The van der Waals surface area contributed by atoms with Gasteiger partial charge < -0.3 is 4.74 Å². The van der Waals surface area contributed by atoms with Crippen LogP contribution in [0.25, 0.3) is 0 Å². The molecule has 0 aromatic heterocycles. The molecule has 0 aromatic carbocycles. The monoisotopic (exact) mass is 342 g/mol. The average molecular weight is 343 g/mol. The van der Waals surface area contributed by atoms with Crippen molar-refractivity contribution in [1.29, 1.82) is 0 Å². The van der Waals surface area contributed by atoms with E-state index in [1.807, 2.05) is 13.8 Å². The summed E-state index contributed by atoms with van der Waals surface area (Å²) in [4.78, 5) is 0. The lowest BCUT2D eigenvalue weighted by Gasteiger charge is -2.35. The van der Waals surface area contributed by atoms with Crippen LogP contribution in [0.5, 0.6) is 0 Å². The minimum absolute atomic E-state index is 0.0791. The molecule has 0 atom stereocenters. The average Bonchev–Trinajstić information content (AvgIpc) is 2.40. The number of morpholine rings is 1. The van der Waals surface area contributed by atoms with Gasteiger partial charge in [-0.25, -0.2) is 0 Å². The van der Waals surface area contributed by atoms with E-state index in [0.29, 0.717) is 38.2 Å². The highest BCUT2D eigenvalue weighted by atomic mass is 79.9.